The molecule has 1 amide bonds. The van der Waals surface area contributed by atoms with E-state index in [-0.39, 0.29) is 6.61 Å². The number of nitrogens with zero attached hydrogens (tertiary/aromatic N) is 1. The van der Waals surface area contributed by atoms with Gasteiger partial charge in [0.15, 0.2) is 0 Å². The number of rotatable bonds is 5. The van der Waals surface area contributed by atoms with E-state index in [1.807, 2.05) is 0 Å². The van der Waals surface area contributed by atoms with E-state index in [0.29, 0.717) is 11.3 Å². The largest absolute Gasteiger partial charge is 0.462 e. The van der Waals surface area contributed by atoms with Gasteiger partial charge in [0.2, 0.25) is 0 Å². The van der Waals surface area contributed by atoms with Gasteiger partial charge in [0, 0.05) is 11.3 Å². The van der Waals surface area contributed by atoms with Crippen LogP contribution in [0.25, 0.3) is 6.08 Å². The van der Waals surface area contributed by atoms with Crippen molar-refractivity contribution in [3.05, 3.63) is 70.8 Å². The van der Waals surface area contributed by atoms with Gasteiger partial charge in [-0.15, -0.1) is 0 Å². The molecule has 0 aliphatic rings. The molecule has 0 aliphatic carbocycles. The zero-order valence-electron chi connectivity index (χ0n) is 13.8. The summed E-state index contributed by atoms with van der Waals surface area (Å²) in [5.41, 5.74) is -0.340. The number of nitrogens with one attached hydrogen (secondary N) is 1. The Balaban J connectivity index is 2.18. The fraction of sp³-hybridized carbons (Fsp3) is 0.105. The van der Waals surface area contributed by atoms with E-state index in [1.165, 1.54) is 30.3 Å². The molecule has 0 fully saturated rings. The number of hydrogen-bond donors (Lipinski definition) is 1. The molecular weight excluding hydrogens is 342 g/mol. The predicted molar refractivity (Wildman–Crippen MR) is 91.0 cm³/mol. The lowest BCUT2D eigenvalue weighted by Gasteiger charge is -2.06. The van der Waals surface area contributed by atoms with Crippen molar-refractivity contribution in [1.29, 1.82) is 5.26 Å². The SMILES string of the molecule is CCOC(=O)c1ccc(NC(=O)/C(C#N)=C/c2c(F)cccc2F)cc1. The Morgan fingerprint density at radius 2 is 1.77 bits per heavy atom. The number of hydrogen-bond acceptors (Lipinski definition) is 4. The highest BCUT2D eigenvalue weighted by atomic mass is 19.1. The Hall–Kier alpha value is -3.53. The van der Waals surface area contributed by atoms with Gasteiger partial charge in [-0.25, -0.2) is 13.6 Å². The minimum Gasteiger partial charge on any atom is -0.462 e. The zero-order chi connectivity index (χ0) is 19.1. The van der Waals surface area contributed by atoms with Gasteiger partial charge in [0.05, 0.1) is 12.2 Å². The number of halogens is 2. The van der Waals surface area contributed by atoms with Crippen molar-refractivity contribution in [3.63, 3.8) is 0 Å². The fourth-order valence-corrected chi connectivity index (χ4v) is 2.04. The van der Waals surface area contributed by atoms with Crippen LogP contribution in [0.4, 0.5) is 14.5 Å². The lowest BCUT2D eigenvalue weighted by atomic mass is 10.1. The molecule has 26 heavy (non-hydrogen) atoms. The smallest absolute Gasteiger partial charge is 0.338 e. The Kier molecular flexibility index (Phi) is 6.17. The second-order valence-corrected chi connectivity index (χ2v) is 5.06. The summed E-state index contributed by atoms with van der Waals surface area (Å²) in [6.07, 6.45) is 0.840. The van der Waals surface area contributed by atoms with Crippen LogP contribution >= 0.6 is 0 Å². The van der Waals surface area contributed by atoms with Crippen LogP contribution in [-0.4, -0.2) is 18.5 Å². The number of anilines is 1. The molecule has 132 valence electrons. The summed E-state index contributed by atoms with van der Waals surface area (Å²) in [5.74, 6) is -3.11. The van der Waals surface area contributed by atoms with Crippen molar-refractivity contribution in [1.82, 2.24) is 0 Å². The first kappa shape index (κ1) is 18.8. The van der Waals surface area contributed by atoms with Gasteiger partial charge in [-0.1, -0.05) is 6.07 Å². The first-order valence-electron chi connectivity index (χ1n) is 7.60. The highest BCUT2D eigenvalue weighted by molar-refractivity contribution is 6.09. The highest BCUT2D eigenvalue weighted by Gasteiger charge is 2.14. The molecule has 2 aromatic carbocycles. The number of nitriles is 1. The minimum atomic E-state index is -0.885. The normalized spacial score (nSPS) is 10.8. The van der Waals surface area contributed by atoms with E-state index < -0.39 is 34.6 Å². The van der Waals surface area contributed by atoms with Crippen molar-refractivity contribution in [2.75, 3.05) is 11.9 Å². The number of benzene rings is 2. The summed E-state index contributed by atoms with van der Waals surface area (Å²) in [6.45, 7) is 1.92. The van der Waals surface area contributed by atoms with Gasteiger partial charge in [-0.05, 0) is 49.4 Å². The minimum absolute atomic E-state index is 0.236. The molecule has 0 saturated carbocycles. The molecule has 7 heteroatoms. The van der Waals surface area contributed by atoms with Crippen molar-refractivity contribution < 1.29 is 23.1 Å². The number of esters is 1. The van der Waals surface area contributed by atoms with Crippen molar-refractivity contribution in [2.24, 2.45) is 0 Å². The Morgan fingerprint density at radius 1 is 1.15 bits per heavy atom. The van der Waals surface area contributed by atoms with E-state index >= 15 is 0 Å². The molecule has 2 rings (SSSR count). The highest BCUT2D eigenvalue weighted by Crippen LogP contribution is 2.17. The van der Waals surface area contributed by atoms with Crippen LogP contribution in [0.15, 0.2) is 48.0 Å². The summed E-state index contributed by atoms with van der Waals surface area (Å²) >= 11 is 0. The van der Waals surface area contributed by atoms with Crippen molar-refractivity contribution in [2.45, 2.75) is 6.92 Å². The molecule has 5 nitrogen and oxygen atoms in total. The summed E-state index contributed by atoms with van der Waals surface area (Å²) < 4.78 is 32.1. The molecule has 0 unspecified atom stereocenters. The topological polar surface area (TPSA) is 79.2 Å². The Bertz CT molecular complexity index is 880. The van der Waals surface area contributed by atoms with Gasteiger partial charge in [-0.3, -0.25) is 4.79 Å². The van der Waals surface area contributed by atoms with Crippen LogP contribution in [0, 0.1) is 23.0 Å². The maximum Gasteiger partial charge on any atom is 0.338 e. The summed E-state index contributed by atoms with van der Waals surface area (Å²) in [7, 11) is 0. The number of carbonyl (C=O) groups excluding carboxylic acids is 2. The third-order valence-electron chi connectivity index (χ3n) is 3.31. The molecule has 0 aromatic heterocycles. The number of carbonyl (C=O) groups is 2. The van der Waals surface area contributed by atoms with Crippen LogP contribution < -0.4 is 5.32 Å². The van der Waals surface area contributed by atoms with E-state index in [9.17, 15) is 18.4 Å². The maximum absolute atomic E-state index is 13.7. The average molecular weight is 356 g/mol. The molecule has 2 aromatic rings. The molecule has 1 N–H and O–H groups in total. The number of amides is 1. The van der Waals surface area contributed by atoms with Gasteiger partial charge < -0.3 is 10.1 Å². The van der Waals surface area contributed by atoms with Gasteiger partial charge in [-0.2, -0.15) is 5.26 Å². The molecule has 0 spiro atoms. The van der Waals surface area contributed by atoms with E-state index in [1.54, 1.807) is 13.0 Å². The van der Waals surface area contributed by atoms with Crippen LogP contribution in [0.5, 0.6) is 0 Å². The molecule has 0 bridgehead atoms. The van der Waals surface area contributed by atoms with E-state index in [2.05, 4.69) is 5.32 Å². The second kappa shape index (κ2) is 8.53. The lowest BCUT2D eigenvalue weighted by molar-refractivity contribution is -0.112. The molecule has 0 atom stereocenters. The third-order valence-corrected chi connectivity index (χ3v) is 3.31. The average Bonchev–Trinajstić information content (AvgIpc) is 2.62. The summed E-state index contributed by atoms with van der Waals surface area (Å²) in [6, 6.07) is 10.6. The quantitative estimate of drug-likeness (QED) is 0.503. The third kappa shape index (κ3) is 4.51. The molecule has 0 saturated heterocycles. The van der Waals surface area contributed by atoms with E-state index in [0.717, 1.165) is 18.2 Å². The lowest BCUT2D eigenvalue weighted by Crippen LogP contribution is -2.14. The standard InChI is InChI=1S/C19H14F2N2O3/c1-2-26-19(25)12-6-8-14(9-7-12)23-18(24)13(11-22)10-15-16(20)4-3-5-17(15)21/h3-10H,2H2,1H3,(H,23,24)/b13-10+. The maximum atomic E-state index is 13.7. The van der Waals surface area contributed by atoms with Crippen LogP contribution in [0.3, 0.4) is 0 Å². The fourth-order valence-electron chi connectivity index (χ4n) is 2.04. The second-order valence-electron chi connectivity index (χ2n) is 5.06. The summed E-state index contributed by atoms with van der Waals surface area (Å²) in [5, 5.41) is 11.5. The molecule has 0 heterocycles. The van der Waals surface area contributed by atoms with Gasteiger partial charge in [0.25, 0.3) is 5.91 Å². The van der Waals surface area contributed by atoms with Crippen molar-refractivity contribution >= 4 is 23.6 Å². The van der Waals surface area contributed by atoms with Crippen LogP contribution in [-0.2, 0) is 9.53 Å². The zero-order valence-corrected chi connectivity index (χ0v) is 13.8. The predicted octanol–water partition coefficient (Wildman–Crippen LogP) is 3.69. The molecular formula is C19H14F2N2O3. The Labute approximate surface area is 148 Å². The van der Waals surface area contributed by atoms with Crippen molar-refractivity contribution in [3.8, 4) is 6.07 Å². The van der Waals surface area contributed by atoms with Crippen LogP contribution in [0.2, 0.25) is 0 Å². The summed E-state index contributed by atoms with van der Waals surface area (Å²) in [4.78, 5) is 23.7. The van der Waals surface area contributed by atoms with Crippen LogP contribution in [0.1, 0.15) is 22.8 Å². The Morgan fingerprint density at radius 3 is 2.31 bits per heavy atom. The van der Waals surface area contributed by atoms with Gasteiger partial charge >= 0.3 is 5.97 Å². The first-order valence-corrected chi connectivity index (χ1v) is 7.60. The molecule has 0 radical (unpaired) electrons. The first-order chi connectivity index (χ1) is 12.5. The molecule has 0 aliphatic heterocycles. The number of ether oxygens (including phenoxy) is 1. The van der Waals surface area contributed by atoms with Gasteiger partial charge in [0.1, 0.15) is 23.3 Å². The monoisotopic (exact) mass is 356 g/mol. The van der Waals surface area contributed by atoms with E-state index in [4.69, 9.17) is 10.00 Å².